The molecule has 1 rings (SSSR count). The number of nitrogens with two attached hydrogens (primary N) is 2. The van der Waals surface area contributed by atoms with E-state index in [0.29, 0.717) is 17.7 Å². The van der Waals surface area contributed by atoms with Gasteiger partial charge in [-0.1, -0.05) is 39.8 Å². The van der Waals surface area contributed by atoms with E-state index < -0.39 is 48.0 Å². The first-order valence-electron chi connectivity index (χ1n) is 14.4. The standard InChI is InChI=1S/C29H48N8O7/c1-17(2)23(27(41)36(5)6)35-26(40)24(18(3)4)37(7)29(43)44-16-19-10-12-20(13-11-19)33-25(39)21(34-22(38)15-30)9-8-14-32-28(31)42/h10-13,17-18,21,23-24H,8-9,14-16,30H2,1-7H3,(H,33,39)(H,34,38)(H,35,40)(H3,31,32,42)/t21-,23-,24-/m0/s1. The maximum Gasteiger partial charge on any atom is 0.410 e. The highest BCUT2D eigenvalue weighted by Crippen LogP contribution is 2.16. The summed E-state index contributed by atoms with van der Waals surface area (Å²) in [5, 5.41) is 10.5. The monoisotopic (exact) mass is 620 g/mol. The number of anilines is 1. The summed E-state index contributed by atoms with van der Waals surface area (Å²) >= 11 is 0. The molecular formula is C29H48N8O7. The highest BCUT2D eigenvalue weighted by molar-refractivity contribution is 5.97. The number of nitrogens with zero attached hydrogens (tertiary/aromatic N) is 2. The minimum absolute atomic E-state index is 0.0976. The predicted octanol–water partition coefficient (Wildman–Crippen LogP) is 0.339. The molecule has 15 heteroatoms. The lowest BCUT2D eigenvalue weighted by atomic mass is 9.99. The van der Waals surface area contributed by atoms with Gasteiger partial charge in [-0.15, -0.1) is 0 Å². The molecule has 246 valence electrons. The number of hydrogen-bond donors (Lipinski definition) is 6. The fourth-order valence-corrected chi connectivity index (χ4v) is 4.27. The summed E-state index contributed by atoms with van der Waals surface area (Å²) in [7, 11) is 4.69. The maximum absolute atomic E-state index is 13.2. The number of hydrogen-bond acceptors (Lipinski definition) is 8. The Bertz CT molecular complexity index is 1140. The van der Waals surface area contributed by atoms with Gasteiger partial charge in [0.1, 0.15) is 24.7 Å². The van der Waals surface area contributed by atoms with Crippen LogP contribution in [0.2, 0.25) is 0 Å². The molecule has 0 bridgehead atoms. The average molecular weight is 621 g/mol. The topological polar surface area (TPSA) is 218 Å². The molecule has 0 unspecified atom stereocenters. The zero-order chi connectivity index (χ0) is 33.6. The minimum atomic E-state index is -0.889. The van der Waals surface area contributed by atoms with E-state index in [1.165, 1.54) is 16.8 Å². The molecule has 0 spiro atoms. The number of rotatable bonds is 16. The number of amides is 7. The van der Waals surface area contributed by atoms with Crippen LogP contribution >= 0.6 is 0 Å². The van der Waals surface area contributed by atoms with E-state index in [9.17, 15) is 28.8 Å². The Morgan fingerprint density at radius 3 is 2.00 bits per heavy atom. The zero-order valence-corrected chi connectivity index (χ0v) is 26.6. The fourth-order valence-electron chi connectivity index (χ4n) is 4.27. The van der Waals surface area contributed by atoms with Crippen molar-refractivity contribution >= 4 is 41.4 Å². The van der Waals surface area contributed by atoms with Crippen LogP contribution in [0.1, 0.15) is 46.1 Å². The predicted molar refractivity (Wildman–Crippen MR) is 165 cm³/mol. The number of carbonyl (C=O) groups is 6. The SMILES string of the molecule is CC(C)[C@H](NC(=O)[C@H](C(C)C)N(C)C(=O)OCc1ccc(NC(=O)[C@H](CCCNC(N)=O)NC(=O)CN)cc1)C(=O)N(C)C. The van der Waals surface area contributed by atoms with E-state index in [1.54, 1.807) is 52.2 Å². The van der Waals surface area contributed by atoms with Crippen LogP contribution in [0, 0.1) is 11.8 Å². The van der Waals surface area contributed by atoms with E-state index in [4.69, 9.17) is 16.2 Å². The summed E-state index contributed by atoms with van der Waals surface area (Å²) < 4.78 is 5.44. The molecule has 0 radical (unpaired) electrons. The second kappa shape index (κ2) is 18.3. The van der Waals surface area contributed by atoms with Crippen molar-refractivity contribution in [3.63, 3.8) is 0 Å². The van der Waals surface area contributed by atoms with Crippen LogP contribution in [-0.2, 0) is 30.5 Å². The van der Waals surface area contributed by atoms with E-state index in [2.05, 4.69) is 21.3 Å². The first-order valence-corrected chi connectivity index (χ1v) is 14.4. The third-order valence-corrected chi connectivity index (χ3v) is 6.67. The van der Waals surface area contributed by atoms with E-state index in [0.717, 1.165) is 0 Å². The first-order chi connectivity index (χ1) is 20.6. The third kappa shape index (κ3) is 12.5. The summed E-state index contributed by atoms with van der Waals surface area (Å²) in [6.45, 7) is 7.10. The van der Waals surface area contributed by atoms with Gasteiger partial charge >= 0.3 is 12.1 Å². The largest absolute Gasteiger partial charge is 0.445 e. The number of ether oxygens (including phenoxy) is 1. The van der Waals surface area contributed by atoms with E-state index in [-0.39, 0.29) is 43.9 Å². The summed E-state index contributed by atoms with van der Waals surface area (Å²) in [5.74, 6) is -2.11. The number of benzene rings is 1. The zero-order valence-electron chi connectivity index (χ0n) is 26.6. The Balaban J connectivity index is 2.82. The van der Waals surface area contributed by atoms with Gasteiger partial charge in [-0.05, 0) is 42.4 Å². The van der Waals surface area contributed by atoms with Gasteiger partial charge in [0.25, 0.3) is 0 Å². The molecule has 0 heterocycles. The normalized spacial score (nSPS) is 12.9. The van der Waals surface area contributed by atoms with E-state index >= 15 is 0 Å². The molecule has 7 amide bonds. The fraction of sp³-hybridized carbons (Fsp3) is 0.586. The van der Waals surface area contributed by atoms with Crippen molar-refractivity contribution in [3.05, 3.63) is 29.8 Å². The smallest absolute Gasteiger partial charge is 0.410 e. The number of urea groups is 1. The lowest BCUT2D eigenvalue weighted by Crippen LogP contribution is -2.57. The Labute approximate surface area is 258 Å². The van der Waals surface area contributed by atoms with Crippen LogP contribution in [-0.4, -0.2) is 97.9 Å². The quantitative estimate of drug-likeness (QED) is 0.141. The molecule has 1 aromatic rings. The van der Waals surface area contributed by atoms with E-state index in [1.807, 2.05) is 13.8 Å². The molecule has 0 saturated carbocycles. The molecule has 0 fully saturated rings. The second-order valence-corrected chi connectivity index (χ2v) is 11.3. The molecular weight excluding hydrogens is 572 g/mol. The molecule has 8 N–H and O–H groups in total. The van der Waals surface area contributed by atoms with Crippen LogP contribution in [0.15, 0.2) is 24.3 Å². The first kappa shape index (κ1) is 37.6. The van der Waals surface area contributed by atoms with Gasteiger partial charge in [0, 0.05) is 33.4 Å². The maximum atomic E-state index is 13.2. The van der Waals surface area contributed by atoms with Crippen LogP contribution in [0.4, 0.5) is 15.3 Å². The molecule has 3 atom stereocenters. The second-order valence-electron chi connectivity index (χ2n) is 11.3. The molecule has 1 aromatic carbocycles. The van der Waals surface area contributed by atoms with Gasteiger partial charge in [0.05, 0.1) is 6.54 Å². The van der Waals surface area contributed by atoms with Crippen molar-refractivity contribution in [2.45, 2.75) is 65.3 Å². The lowest BCUT2D eigenvalue weighted by Gasteiger charge is -2.32. The van der Waals surface area contributed by atoms with Gasteiger partial charge in [0.2, 0.25) is 23.6 Å². The molecule has 15 nitrogen and oxygen atoms in total. The molecule has 0 aliphatic rings. The van der Waals surface area contributed by atoms with Gasteiger partial charge in [0.15, 0.2) is 0 Å². The average Bonchev–Trinajstić information content (AvgIpc) is 2.95. The number of primary amides is 1. The molecule has 0 aliphatic heterocycles. The lowest BCUT2D eigenvalue weighted by molar-refractivity contribution is -0.137. The van der Waals surface area contributed by atoms with Gasteiger partial charge in [-0.25, -0.2) is 9.59 Å². The third-order valence-electron chi connectivity index (χ3n) is 6.67. The van der Waals surface area contributed by atoms with Gasteiger partial charge < -0.3 is 42.4 Å². The summed E-state index contributed by atoms with van der Waals surface area (Å²) in [5.41, 5.74) is 11.5. The van der Waals surface area contributed by atoms with Crippen LogP contribution in [0.3, 0.4) is 0 Å². The van der Waals surface area contributed by atoms with Gasteiger partial charge in [-0.3, -0.25) is 24.1 Å². The van der Waals surface area contributed by atoms with Crippen molar-refractivity contribution in [2.24, 2.45) is 23.3 Å². The minimum Gasteiger partial charge on any atom is -0.445 e. The van der Waals surface area contributed by atoms with Gasteiger partial charge in [-0.2, -0.15) is 0 Å². The summed E-state index contributed by atoms with van der Waals surface area (Å²) in [4.78, 5) is 76.7. The Kier molecular flexibility index (Phi) is 15.7. The highest BCUT2D eigenvalue weighted by Gasteiger charge is 2.34. The summed E-state index contributed by atoms with van der Waals surface area (Å²) in [6.07, 6.45) is -0.101. The Hall–Kier alpha value is -4.40. The molecule has 0 saturated heterocycles. The van der Waals surface area contributed by atoms with Crippen LogP contribution < -0.4 is 32.7 Å². The molecule has 44 heavy (non-hydrogen) atoms. The molecule has 0 aromatic heterocycles. The Morgan fingerprint density at radius 1 is 0.886 bits per heavy atom. The molecule has 0 aliphatic carbocycles. The van der Waals surface area contributed by atoms with Crippen molar-refractivity contribution in [1.82, 2.24) is 25.8 Å². The number of likely N-dealkylation sites (N-methyl/N-ethyl adjacent to an activating group) is 2. The van der Waals surface area contributed by atoms with Crippen molar-refractivity contribution in [3.8, 4) is 0 Å². The Morgan fingerprint density at radius 2 is 1.50 bits per heavy atom. The number of carbonyl (C=O) groups excluding carboxylic acids is 6. The van der Waals surface area contributed by atoms with Crippen LogP contribution in [0.25, 0.3) is 0 Å². The van der Waals surface area contributed by atoms with Crippen molar-refractivity contribution in [2.75, 3.05) is 39.5 Å². The van der Waals surface area contributed by atoms with Crippen molar-refractivity contribution < 1.29 is 33.5 Å². The highest BCUT2D eigenvalue weighted by atomic mass is 16.6. The number of nitrogens with one attached hydrogen (secondary N) is 4. The van der Waals surface area contributed by atoms with Crippen molar-refractivity contribution in [1.29, 1.82) is 0 Å². The summed E-state index contributed by atoms with van der Waals surface area (Å²) in [6, 6.07) is 3.33. The van der Waals surface area contributed by atoms with Crippen LogP contribution in [0.5, 0.6) is 0 Å².